The Morgan fingerprint density at radius 2 is 1.63 bits per heavy atom. The normalized spacial score (nSPS) is 40.3. The Morgan fingerprint density at radius 3 is 2.16 bits per heavy atom. The summed E-state index contributed by atoms with van der Waals surface area (Å²) in [6, 6.07) is 1.26. The number of nitrogens with two attached hydrogens (primary N) is 1. The predicted molar refractivity (Wildman–Crippen MR) is 81.8 cm³/mol. The maximum absolute atomic E-state index is 6.23. The number of piperidine rings is 1. The van der Waals surface area contributed by atoms with Crippen LogP contribution in [0.3, 0.4) is 0 Å². The Labute approximate surface area is 119 Å². The van der Waals surface area contributed by atoms with E-state index in [1.807, 2.05) is 0 Å². The highest BCUT2D eigenvalue weighted by molar-refractivity contribution is 5.03. The Hall–Kier alpha value is -0.120. The van der Waals surface area contributed by atoms with Crippen LogP contribution < -0.4 is 11.2 Å². The highest BCUT2D eigenvalue weighted by Crippen LogP contribution is 2.44. The second kappa shape index (κ2) is 5.71. The third kappa shape index (κ3) is 2.84. The van der Waals surface area contributed by atoms with Crippen molar-refractivity contribution < 1.29 is 0 Å². The molecule has 1 saturated heterocycles. The van der Waals surface area contributed by atoms with E-state index in [2.05, 4.69) is 38.1 Å². The first kappa shape index (κ1) is 15.3. The lowest BCUT2D eigenvalue weighted by Crippen LogP contribution is -2.69. The topological polar surface area (TPSA) is 41.3 Å². The molecule has 1 aliphatic heterocycles. The van der Waals surface area contributed by atoms with Crippen molar-refractivity contribution >= 4 is 0 Å². The quantitative estimate of drug-likeness (QED) is 0.826. The van der Waals surface area contributed by atoms with Crippen molar-refractivity contribution in [1.82, 2.24) is 10.4 Å². The van der Waals surface area contributed by atoms with Crippen LogP contribution in [-0.4, -0.2) is 29.2 Å². The zero-order chi connectivity index (χ0) is 14.1. The number of rotatable bonds is 3. The van der Waals surface area contributed by atoms with Crippen molar-refractivity contribution in [1.29, 1.82) is 0 Å². The average Bonchev–Trinajstić information content (AvgIpc) is 2.36. The van der Waals surface area contributed by atoms with Gasteiger partial charge in [-0.2, -0.15) is 0 Å². The first-order chi connectivity index (χ1) is 8.92. The van der Waals surface area contributed by atoms with Gasteiger partial charge in [-0.15, -0.1) is 0 Å². The molecule has 3 nitrogen and oxygen atoms in total. The van der Waals surface area contributed by atoms with Crippen LogP contribution in [0.15, 0.2) is 0 Å². The summed E-state index contributed by atoms with van der Waals surface area (Å²) < 4.78 is 0. The molecule has 1 saturated carbocycles. The number of nitrogens with zero attached hydrogens (tertiary/aromatic N) is 1. The minimum absolute atomic E-state index is 0.0884. The molecule has 0 aromatic heterocycles. The Balaban J connectivity index is 2.17. The standard InChI is InChI=1S/C16H33N3/c1-13-8-7-9-14(2)19(13)18-16(12-17)11-6-5-10-15(16,3)4/h13-14,18H,5-12,17H2,1-4H3. The van der Waals surface area contributed by atoms with Gasteiger partial charge in [-0.25, -0.2) is 10.4 Å². The summed E-state index contributed by atoms with van der Waals surface area (Å²) in [5.74, 6) is 0. The zero-order valence-electron chi connectivity index (χ0n) is 13.3. The highest BCUT2D eigenvalue weighted by atomic mass is 15.6. The van der Waals surface area contributed by atoms with Crippen molar-refractivity contribution in [2.24, 2.45) is 11.1 Å². The van der Waals surface area contributed by atoms with E-state index in [0.717, 1.165) is 6.54 Å². The summed E-state index contributed by atoms with van der Waals surface area (Å²) in [6.07, 6.45) is 9.13. The predicted octanol–water partition coefficient (Wildman–Crippen LogP) is 3.05. The molecule has 3 atom stereocenters. The smallest absolute Gasteiger partial charge is 0.0499 e. The van der Waals surface area contributed by atoms with Crippen LogP contribution in [0.25, 0.3) is 0 Å². The lowest BCUT2D eigenvalue weighted by Gasteiger charge is -2.55. The van der Waals surface area contributed by atoms with Crippen LogP contribution in [0.4, 0.5) is 0 Å². The van der Waals surface area contributed by atoms with Gasteiger partial charge in [0.2, 0.25) is 0 Å². The van der Waals surface area contributed by atoms with E-state index in [9.17, 15) is 0 Å². The molecule has 2 aliphatic rings. The third-order valence-electron chi connectivity index (χ3n) is 5.84. The SMILES string of the molecule is CC1CCCC(C)N1NC1(CN)CCCCC1(C)C. The van der Waals surface area contributed by atoms with E-state index in [4.69, 9.17) is 5.73 Å². The molecule has 0 amide bonds. The fraction of sp³-hybridized carbons (Fsp3) is 1.00. The molecule has 3 unspecified atom stereocenters. The van der Waals surface area contributed by atoms with E-state index >= 15 is 0 Å². The van der Waals surface area contributed by atoms with Crippen molar-refractivity contribution in [2.75, 3.05) is 6.54 Å². The molecule has 3 heteroatoms. The Morgan fingerprint density at radius 1 is 1.05 bits per heavy atom. The maximum atomic E-state index is 6.23. The van der Waals surface area contributed by atoms with Gasteiger partial charge in [0.1, 0.15) is 0 Å². The minimum atomic E-state index is 0.0884. The summed E-state index contributed by atoms with van der Waals surface area (Å²) in [4.78, 5) is 0. The van der Waals surface area contributed by atoms with Gasteiger partial charge in [-0.05, 0) is 44.9 Å². The second-order valence-electron chi connectivity index (χ2n) is 7.53. The molecule has 0 aromatic carbocycles. The van der Waals surface area contributed by atoms with Gasteiger partial charge in [0.05, 0.1) is 0 Å². The lowest BCUT2D eigenvalue weighted by atomic mass is 9.63. The number of nitrogens with one attached hydrogen (secondary N) is 1. The van der Waals surface area contributed by atoms with Crippen LogP contribution in [0.2, 0.25) is 0 Å². The molecule has 0 aromatic rings. The highest BCUT2D eigenvalue weighted by Gasteiger charge is 2.47. The second-order valence-corrected chi connectivity index (χ2v) is 7.53. The first-order valence-electron chi connectivity index (χ1n) is 8.18. The van der Waals surface area contributed by atoms with E-state index in [0.29, 0.717) is 12.1 Å². The Bertz CT molecular complexity index is 292. The van der Waals surface area contributed by atoms with Crippen LogP contribution in [0.1, 0.15) is 72.6 Å². The molecule has 2 rings (SSSR count). The molecule has 3 N–H and O–H groups in total. The van der Waals surface area contributed by atoms with Crippen LogP contribution >= 0.6 is 0 Å². The van der Waals surface area contributed by atoms with E-state index < -0.39 is 0 Å². The summed E-state index contributed by atoms with van der Waals surface area (Å²) >= 11 is 0. The summed E-state index contributed by atoms with van der Waals surface area (Å²) in [5.41, 5.74) is 10.5. The lowest BCUT2D eigenvalue weighted by molar-refractivity contribution is -0.0563. The number of hydrogen-bond donors (Lipinski definition) is 2. The molecule has 1 heterocycles. The molecule has 1 aliphatic carbocycles. The molecular formula is C16H33N3. The fourth-order valence-electron chi connectivity index (χ4n) is 4.09. The zero-order valence-corrected chi connectivity index (χ0v) is 13.3. The molecule has 0 spiro atoms. The molecule has 19 heavy (non-hydrogen) atoms. The van der Waals surface area contributed by atoms with Gasteiger partial charge in [0.25, 0.3) is 0 Å². The van der Waals surface area contributed by atoms with Gasteiger partial charge in [-0.3, -0.25) is 0 Å². The average molecular weight is 267 g/mol. The van der Waals surface area contributed by atoms with E-state index in [-0.39, 0.29) is 11.0 Å². The molecule has 0 bridgehead atoms. The van der Waals surface area contributed by atoms with Gasteiger partial charge in [0, 0.05) is 24.2 Å². The molecule has 112 valence electrons. The van der Waals surface area contributed by atoms with Crippen LogP contribution in [0, 0.1) is 5.41 Å². The van der Waals surface area contributed by atoms with Crippen molar-refractivity contribution in [3.05, 3.63) is 0 Å². The van der Waals surface area contributed by atoms with Crippen molar-refractivity contribution in [3.8, 4) is 0 Å². The molecule has 0 radical (unpaired) electrons. The van der Waals surface area contributed by atoms with Gasteiger partial charge in [-0.1, -0.05) is 33.1 Å². The van der Waals surface area contributed by atoms with Crippen LogP contribution in [0.5, 0.6) is 0 Å². The summed E-state index contributed by atoms with van der Waals surface area (Å²) in [5, 5.41) is 2.52. The molecular weight excluding hydrogens is 234 g/mol. The third-order valence-corrected chi connectivity index (χ3v) is 5.84. The number of hydrogen-bond acceptors (Lipinski definition) is 3. The Kier molecular flexibility index (Phi) is 4.59. The summed E-state index contributed by atoms with van der Waals surface area (Å²) in [6.45, 7) is 10.2. The van der Waals surface area contributed by atoms with E-state index in [1.165, 1.54) is 44.9 Å². The monoisotopic (exact) mass is 267 g/mol. The van der Waals surface area contributed by atoms with Gasteiger partial charge in [0.15, 0.2) is 0 Å². The van der Waals surface area contributed by atoms with Crippen molar-refractivity contribution in [2.45, 2.75) is 90.3 Å². The fourth-order valence-corrected chi connectivity index (χ4v) is 4.09. The van der Waals surface area contributed by atoms with Gasteiger partial charge >= 0.3 is 0 Å². The summed E-state index contributed by atoms with van der Waals surface area (Å²) in [7, 11) is 0. The minimum Gasteiger partial charge on any atom is -0.329 e. The number of hydrazine groups is 1. The van der Waals surface area contributed by atoms with Gasteiger partial charge < -0.3 is 5.73 Å². The van der Waals surface area contributed by atoms with E-state index in [1.54, 1.807) is 0 Å². The molecule has 2 fully saturated rings. The largest absolute Gasteiger partial charge is 0.329 e. The maximum Gasteiger partial charge on any atom is 0.0499 e. The van der Waals surface area contributed by atoms with Crippen molar-refractivity contribution in [3.63, 3.8) is 0 Å². The first-order valence-corrected chi connectivity index (χ1v) is 8.18. The van der Waals surface area contributed by atoms with Crippen LogP contribution in [-0.2, 0) is 0 Å².